The molecule has 1 aliphatic heterocycles. The van der Waals surface area contributed by atoms with Gasteiger partial charge < -0.3 is 5.32 Å². The maximum Gasteiger partial charge on any atom is 0.328 e. The zero-order valence-corrected chi connectivity index (χ0v) is 14.8. The first-order valence-electron chi connectivity index (χ1n) is 8.41. The van der Waals surface area contributed by atoms with Crippen LogP contribution in [-0.4, -0.2) is 24.8 Å². The third kappa shape index (κ3) is 2.22. The quantitative estimate of drug-likeness (QED) is 0.777. The molecule has 0 unspecified atom stereocenters. The molecular weight excluding hydrogens is 318 g/mol. The van der Waals surface area contributed by atoms with Crippen molar-refractivity contribution in [3.63, 3.8) is 0 Å². The molecule has 0 radical (unpaired) electrons. The van der Waals surface area contributed by atoms with E-state index in [2.05, 4.69) is 10.4 Å². The van der Waals surface area contributed by atoms with Gasteiger partial charge in [-0.25, -0.2) is 9.48 Å². The van der Waals surface area contributed by atoms with Gasteiger partial charge in [-0.2, -0.15) is 5.10 Å². The molecule has 0 saturated heterocycles. The van der Waals surface area contributed by atoms with Crippen LogP contribution in [0, 0.1) is 0 Å². The molecule has 1 aromatic carbocycles. The Labute approximate surface area is 144 Å². The Balaban J connectivity index is 1.88. The molecule has 0 aliphatic carbocycles. The van der Waals surface area contributed by atoms with Crippen LogP contribution < -0.4 is 11.0 Å². The zero-order chi connectivity index (χ0) is 17.9. The van der Waals surface area contributed by atoms with Gasteiger partial charge in [-0.15, -0.1) is 0 Å². The minimum absolute atomic E-state index is 0.0121. The Morgan fingerprint density at radius 1 is 1.16 bits per heavy atom. The third-order valence-corrected chi connectivity index (χ3v) is 5.03. The number of benzene rings is 1. The molecule has 4 rings (SSSR count). The van der Waals surface area contributed by atoms with Crippen molar-refractivity contribution in [3.8, 4) is 0 Å². The maximum absolute atomic E-state index is 12.3. The van der Waals surface area contributed by atoms with Crippen molar-refractivity contribution in [2.45, 2.75) is 32.2 Å². The Bertz CT molecular complexity index is 1050. The number of nitrogens with one attached hydrogen (secondary N) is 1. The first kappa shape index (κ1) is 15.7. The van der Waals surface area contributed by atoms with E-state index in [1.807, 2.05) is 42.9 Å². The molecule has 7 heteroatoms. The van der Waals surface area contributed by atoms with Crippen LogP contribution in [0.3, 0.4) is 0 Å². The summed E-state index contributed by atoms with van der Waals surface area (Å²) >= 11 is 0. The van der Waals surface area contributed by atoms with Crippen LogP contribution in [-0.2, 0) is 18.9 Å². The average molecular weight is 339 g/mol. The summed E-state index contributed by atoms with van der Waals surface area (Å²) in [7, 11) is 3.54. The summed E-state index contributed by atoms with van der Waals surface area (Å²) in [6.45, 7) is 4.07. The number of aromatic nitrogens is 4. The number of carbonyl (C=O) groups excluding carboxylic acids is 1. The van der Waals surface area contributed by atoms with E-state index in [9.17, 15) is 9.59 Å². The molecule has 1 atom stereocenters. The highest BCUT2D eigenvalue weighted by Gasteiger charge is 2.30. The molecule has 1 N–H and O–H groups in total. The lowest BCUT2D eigenvalue weighted by Crippen LogP contribution is -2.25. The summed E-state index contributed by atoms with van der Waals surface area (Å²) < 4.78 is 5.12. The zero-order valence-electron chi connectivity index (χ0n) is 14.8. The van der Waals surface area contributed by atoms with Gasteiger partial charge in [0.1, 0.15) is 5.82 Å². The molecule has 0 bridgehead atoms. The van der Waals surface area contributed by atoms with E-state index < -0.39 is 0 Å². The van der Waals surface area contributed by atoms with E-state index in [4.69, 9.17) is 0 Å². The molecule has 0 saturated carbocycles. The first-order valence-corrected chi connectivity index (χ1v) is 8.41. The Morgan fingerprint density at radius 3 is 2.60 bits per heavy atom. The van der Waals surface area contributed by atoms with Crippen molar-refractivity contribution < 1.29 is 4.79 Å². The van der Waals surface area contributed by atoms with E-state index >= 15 is 0 Å². The predicted octanol–water partition coefficient (Wildman–Crippen LogP) is 2.13. The fraction of sp³-hybridized carbons (Fsp3) is 0.389. The van der Waals surface area contributed by atoms with Crippen molar-refractivity contribution in [2.75, 3.05) is 5.32 Å². The number of imidazole rings is 1. The highest BCUT2D eigenvalue weighted by molar-refractivity contribution is 5.94. The highest BCUT2D eigenvalue weighted by Crippen LogP contribution is 2.38. The maximum atomic E-state index is 12.3. The number of fused-ring (bicyclic) bond motifs is 2. The van der Waals surface area contributed by atoms with Crippen molar-refractivity contribution in [1.29, 1.82) is 0 Å². The summed E-state index contributed by atoms with van der Waals surface area (Å²) in [5.74, 6) is 0.705. The van der Waals surface area contributed by atoms with E-state index in [-0.39, 0.29) is 23.6 Å². The minimum Gasteiger partial charge on any atom is -0.311 e. The standard InChI is InChI=1S/C18H21N5O2/c1-10(2)23-17-13(9-19-23)12(8-16(24)20-17)11-5-6-14-15(7-11)22(4)18(25)21(14)3/h5-7,9-10,12H,8H2,1-4H3,(H,20,24)/t12-/m0/s1. The Hall–Kier alpha value is -2.83. The average Bonchev–Trinajstić information content (AvgIpc) is 3.10. The monoisotopic (exact) mass is 339 g/mol. The number of hydrogen-bond acceptors (Lipinski definition) is 3. The first-order chi connectivity index (χ1) is 11.9. The molecule has 130 valence electrons. The molecule has 7 nitrogen and oxygen atoms in total. The van der Waals surface area contributed by atoms with Crippen LogP contribution in [0.15, 0.2) is 29.2 Å². The summed E-state index contributed by atoms with van der Waals surface area (Å²) in [5.41, 5.74) is 3.74. The SMILES string of the molecule is CC(C)n1ncc2c1NC(=O)C[C@H]2c1ccc2c(c1)n(C)c(=O)n2C. The molecule has 1 aliphatic rings. The smallest absolute Gasteiger partial charge is 0.311 e. The Kier molecular flexibility index (Phi) is 3.35. The van der Waals surface area contributed by atoms with Gasteiger partial charge in [-0.3, -0.25) is 13.9 Å². The molecule has 0 spiro atoms. The summed E-state index contributed by atoms with van der Waals surface area (Å²) in [5, 5.41) is 7.40. The fourth-order valence-corrected chi connectivity index (χ4v) is 3.67. The Morgan fingerprint density at radius 2 is 1.88 bits per heavy atom. The van der Waals surface area contributed by atoms with E-state index in [1.54, 1.807) is 23.2 Å². The molecule has 1 amide bonds. The van der Waals surface area contributed by atoms with Gasteiger partial charge in [0.25, 0.3) is 0 Å². The van der Waals surface area contributed by atoms with Crippen molar-refractivity contribution in [1.82, 2.24) is 18.9 Å². The van der Waals surface area contributed by atoms with Gasteiger partial charge >= 0.3 is 5.69 Å². The summed E-state index contributed by atoms with van der Waals surface area (Å²) in [6, 6.07) is 6.13. The molecule has 25 heavy (non-hydrogen) atoms. The predicted molar refractivity (Wildman–Crippen MR) is 95.9 cm³/mol. The topological polar surface area (TPSA) is 73.8 Å². The molecule has 0 fully saturated rings. The van der Waals surface area contributed by atoms with E-state index in [0.717, 1.165) is 28.0 Å². The molecule has 2 aromatic heterocycles. The van der Waals surface area contributed by atoms with Gasteiger partial charge in [-0.1, -0.05) is 6.07 Å². The van der Waals surface area contributed by atoms with Crippen LogP contribution in [0.2, 0.25) is 0 Å². The van der Waals surface area contributed by atoms with Gasteiger partial charge in [0.05, 0.1) is 17.2 Å². The second-order valence-corrected chi connectivity index (χ2v) is 6.94. The number of amides is 1. The highest BCUT2D eigenvalue weighted by atomic mass is 16.2. The summed E-state index contributed by atoms with van der Waals surface area (Å²) in [6.07, 6.45) is 2.22. The fourth-order valence-electron chi connectivity index (χ4n) is 3.67. The van der Waals surface area contributed by atoms with E-state index in [1.165, 1.54) is 0 Å². The van der Waals surface area contributed by atoms with Gasteiger partial charge in [0.15, 0.2) is 0 Å². The van der Waals surface area contributed by atoms with Crippen molar-refractivity contribution in [2.24, 2.45) is 14.1 Å². The largest absolute Gasteiger partial charge is 0.328 e. The van der Waals surface area contributed by atoms with Crippen molar-refractivity contribution in [3.05, 3.63) is 46.0 Å². The molecule has 3 heterocycles. The lowest BCUT2D eigenvalue weighted by molar-refractivity contribution is -0.116. The molecular formula is C18H21N5O2. The number of anilines is 1. The van der Waals surface area contributed by atoms with Crippen LogP contribution in [0.5, 0.6) is 0 Å². The van der Waals surface area contributed by atoms with Crippen LogP contribution in [0.4, 0.5) is 5.82 Å². The summed E-state index contributed by atoms with van der Waals surface area (Å²) in [4.78, 5) is 24.4. The number of hydrogen-bond donors (Lipinski definition) is 1. The normalized spacial score (nSPS) is 17.2. The van der Waals surface area contributed by atoms with Crippen molar-refractivity contribution >= 4 is 22.8 Å². The van der Waals surface area contributed by atoms with Crippen LogP contribution in [0.25, 0.3) is 11.0 Å². The minimum atomic E-state index is -0.0593. The number of rotatable bonds is 2. The third-order valence-electron chi connectivity index (χ3n) is 5.03. The second kappa shape index (κ2) is 5.34. The van der Waals surface area contributed by atoms with Crippen LogP contribution in [0.1, 0.15) is 43.4 Å². The lowest BCUT2D eigenvalue weighted by atomic mass is 9.87. The van der Waals surface area contributed by atoms with Crippen LogP contribution >= 0.6 is 0 Å². The van der Waals surface area contributed by atoms with Gasteiger partial charge in [0, 0.05) is 38.0 Å². The van der Waals surface area contributed by atoms with Gasteiger partial charge in [-0.05, 0) is 31.5 Å². The lowest BCUT2D eigenvalue weighted by Gasteiger charge is -2.24. The molecule has 3 aromatic rings. The van der Waals surface area contributed by atoms with E-state index in [0.29, 0.717) is 6.42 Å². The second-order valence-electron chi connectivity index (χ2n) is 6.94. The number of nitrogens with zero attached hydrogens (tertiary/aromatic N) is 4. The number of carbonyl (C=O) groups is 1. The van der Waals surface area contributed by atoms with Gasteiger partial charge in [0.2, 0.25) is 5.91 Å². The number of aryl methyl sites for hydroxylation is 2.